The SMILES string of the molecule is CCN(Cc1c(F)cccc1F)C(=O)CCNC(=O)[C@@H]1C[C@H]1C. The Hall–Kier alpha value is -1.98. The van der Waals surface area contributed by atoms with Crippen LogP contribution in [0.15, 0.2) is 18.2 Å². The van der Waals surface area contributed by atoms with E-state index in [0.717, 1.165) is 6.42 Å². The van der Waals surface area contributed by atoms with E-state index in [2.05, 4.69) is 5.32 Å². The summed E-state index contributed by atoms with van der Waals surface area (Å²) in [6.45, 7) is 4.25. The summed E-state index contributed by atoms with van der Waals surface area (Å²) in [4.78, 5) is 25.2. The second-order valence-corrected chi connectivity index (χ2v) is 5.97. The third kappa shape index (κ3) is 4.50. The van der Waals surface area contributed by atoms with E-state index in [1.807, 2.05) is 6.92 Å². The highest BCUT2D eigenvalue weighted by Crippen LogP contribution is 2.37. The van der Waals surface area contributed by atoms with Crippen molar-refractivity contribution in [3.05, 3.63) is 35.4 Å². The molecule has 1 fully saturated rings. The van der Waals surface area contributed by atoms with Crippen molar-refractivity contribution in [2.75, 3.05) is 13.1 Å². The van der Waals surface area contributed by atoms with Gasteiger partial charge in [-0.05, 0) is 31.4 Å². The van der Waals surface area contributed by atoms with Crippen LogP contribution in [0.5, 0.6) is 0 Å². The molecular formula is C17H22F2N2O2. The Kier molecular flexibility index (Phi) is 5.69. The lowest BCUT2D eigenvalue weighted by molar-refractivity contribution is -0.131. The molecule has 0 aromatic heterocycles. The van der Waals surface area contributed by atoms with Gasteiger partial charge in [-0.3, -0.25) is 9.59 Å². The van der Waals surface area contributed by atoms with Crippen LogP contribution in [0.25, 0.3) is 0 Å². The summed E-state index contributed by atoms with van der Waals surface area (Å²) < 4.78 is 27.3. The van der Waals surface area contributed by atoms with E-state index in [-0.39, 0.29) is 42.8 Å². The van der Waals surface area contributed by atoms with E-state index >= 15 is 0 Å². The van der Waals surface area contributed by atoms with Crippen LogP contribution in [-0.2, 0) is 16.1 Å². The molecule has 2 atom stereocenters. The maximum atomic E-state index is 13.7. The van der Waals surface area contributed by atoms with Gasteiger partial charge >= 0.3 is 0 Å². The van der Waals surface area contributed by atoms with E-state index < -0.39 is 11.6 Å². The smallest absolute Gasteiger partial charge is 0.224 e. The Labute approximate surface area is 134 Å². The van der Waals surface area contributed by atoms with Crippen LogP contribution in [0.4, 0.5) is 8.78 Å². The van der Waals surface area contributed by atoms with E-state index in [1.54, 1.807) is 6.92 Å². The summed E-state index contributed by atoms with van der Waals surface area (Å²) in [5.74, 6) is -1.09. The number of rotatable bonds is 7. The number of nitrogens with zero attached hydrogens (tertiary/aromatic N) is 1. The number of hydrogen-bond donors (Lipinski definition) is 1. The fourth-order valence-corrected chi connectivity index (χ4v) is 2.52. The lowest BCUT2D eigenvalue weighted by Crippen LogP contribution is -2.35. The summed E-state index contributed by atoms with van der Waals surface area (Å²) in [6, 6.07) is 3.64. The molecule has 0 saturated heterocycles. The molecule has 1 aromatic rings. The molecule has 23 heavy (non-hydrogen) atoms. The summed E-state index contributed by atoms with van der Waals surface area (Å²) in [5, 5.41) is 2.74. The third-order valence-corrected chi connectivity index (χ3v) is 4.23. The number of benzene rings is 1. The van der Waals surface area contributed by atoms with Crippen molar-refractivity contribution < 1.29 is 18.4 Å². The molecule has 2 rings (SSSR count). The molecule has 126 valence electrons. The van der Waals surface area contributed by atoms with Crippen LogP contribution in [0.2, 0.25) is 0 Å². The molecule has 0 unspecified atom stereocenters. The van der Waals surface area contributed by atoms with Crippen LogP contribution in [0.1, 0.15) is 32.3 Å². The van der Waals surface area contributed by atoms with Gasteiger partial charge in [0, 0.05) is 31.0 Å². The fraction of sp³-hybridized carbons (Fsp3) is 0.529. The van der Waals surface area contributed by atoms with Gasteiger partial charge in [0.15, 0.2) is 0 Å². The monoisotopic (exact) mass is 324 g/mol. The van der Waals surface area contributed by atoms with E-state index in [4.69, 9.17) is 0 Å². The zero-order valence-electron chi connectivity index (χ0n) is 13.4. The fourth-order valence-electron chi connectivity index (χ4n) is 2.52. The van der Waals surface area contributed by atoms with Gasteiger partial charge in [0.05, 0.1) is 6.54 Å². The maximum Gasteiger partial charge on any atom is 0.224 e. The average molecular weight is 324 g/mol. The van der Waals surface area contributed by atoms with Crippen LogP contribution < -0.4 is 5.32 Å². The second-order valence-electron chi connectivity index (χ2n) is 5.97. The minimum Gasteiger partial charge on any atom is -0.355 e. The largest absolute Gasteiger partial charge is 0.355 e. The number of halogens is 2. The molecule has 2 amide bonds. The first-order valence-electron chi connectivity index (χ1n) is 7.92. The number of nitrogens with one attached hydrogen (secondary N) is 1. The van der Waals surface area contributed by atoms with E-state index in [1.165, 1.54) is 23.1 Å². The molecule has 1 aromatic carbocycles. The highest BCUT2D eigenvalue weighted by molar-refractivity contribution is 5.82. The number of hydrogen-bond acceptors (Lipinski definition) is 2. The first kappa shape index (κ1) is 17.4. The highest BCUT2D eigenvalue weighted by Gasteiger charge is 2.38. The average Bonchev–Trinajstić information content (AvgIpc) is 3.24. The molecule has 0 heterocycles. The Morgan fingerprint density at radius 3 is 2.43 bits per heavy atom. The standard InChI is InChI=1S/C17H22F2N2O2/c1-3-21(10-13-14(18)5-4-6-15(13)19)16(22)7-8-20-17(23)12-9-11(12)2/h4-6,11-12H,3,7-10H2,1-2H3,(H,20,23)/t11-,12-/m1/s1. The first-order valence-corrected chi connectivity index (χ1v) is 7.92. The Morgan fingerprint density at radius 2 is 1.91 bits per heavy atom. The topological polar surface area (TPSA) is 49.4 Å². The molecule has 1 aliphatic carbocycles. The summed E-state index contributed by atoms with van der Waals surface area (Å²) >= 11 is 0. The lowest BCUT2D eigenvalue weighted by atomic mass is 10.1. The highest BCUT2D eigenvalue weighted by atomic mass is 19.1. The molecule has 0 spiro atoms. The third-order valence-electron chi connectivity index (χ3n) is 4.23. The molecule has 0 radical (unpaired) electrons. The van der Waals surface area contributed by atoms with Crippen LogP contribution >= 0.6 is 0 Å². The molecule has 6 heteroatoms. The molecule has 0 aliphatic heterocycles. The van der Waals surface area contributed by atoms with Gasteiger partial charge in [-0.2, -0.15) is 0 Å². The van der Waals surface area contributed by atoms with Crippen LogP contribution in [0, 0.1) is 23.5 Å². The van der Waals surface area contributed by atoms with Gasteiger partial charge < -0.3 is 10.2 Å². The molecule has 1 aliphatic rings. The van der Waals surface area contributed by atoms with Crippen molar-refractivity contribution in [3.8, 4) is 0 Å². The van der Waals surface area contributed by atoms with Gasteiger partial charge in [-0.1, -0.05) is 13.0 Å². The maximum absolute atomic E-state index is 13.7. The molecule has 1 saturated carbocycles. The molecule has 0 bridgehead atoms. The predicted octanol–water partition coefficient (Wildman–Crippen LogP) is 2.48. The minimum atomic E-state index is -0.660. The summed E-state index contributed by atoms with van der Waals surface area (Å²) in [7, 11) is 0. The van der Waals surface area contributed by atoms with E-state index in [0.29, 0.717) is 12.5 Å². The van der Waals surface area contributed by atoms with Gasteiger partial charge in [-0.25, -0.2) is 8.78 Å². The molecule has 4 nitrogen and oxygen atoms in total. The van der Waals surface area contributed by atoms with Crippen molar-refractivity contribution in [2.24, 2.45) is 11.8 Å². The quantitative estimate of drug-likeness (QED) is 0.838. The van der Waals surface area contributed by atoms with Crippen molar-refractivity contribution >= 4 is 11.8 Å². The normalized spacial score (nSPS) is 19.3. The van der Waals surface area contributed by atoms with Crippen LogP contribution in [-0.4, -0.2) is 29.8 Å². The van der Waals surface area contributed by atoms with Gasteiger partial charge in [0.2, 0.25) is 11.8 Å². The summed E-state index contributed by atoms with van der Waals surface area (Å²) in [5.41, 5.74) is -0.112. The summed E-state index contributed by atoms with van der Waals surface area (Å²) in [6.07, 6.45) is 1.02. The van der Waals surface area contributed by atoms with Crippen molar-refractivity contribution in [2.45, 2.75) is 33.2 Å². The molecular weight excluding hydrogens is 302 g/mol. The molecule has 1 N–H and O–H groups in total. The van der Waals surface area contributed by atoms with Gasteiger partial charge in [0.1, 0.15) is 11.6 Å². The lowest BCUT2D eigenvalue weighted by Gasteiger charge is -2.21. The van der Waals surface area contributed by atoms with Gasteiger partial charge in [-0.15, -0.1) is 0 Å². The zero-order valence-corrected chi connectivity index (χ0v) is 13.4. The van der Waals surface area contributed by atoms with E-state index in [9.17, 15) is 18.4 Å². The van der Waals surface area contributed by atoms with Crippen molar-refractivity contribution in [3.63, 3.8) is 0 Å². The Morgan fingerprint density at radius 1 is 1.30 bits per heavy atom. The van der Waals surface area contributed by atoms with Crippen molar-refractivity contribution in [1.29, 1.82) is 0 Å². The number of carbonyl (C=O) groups is 2. The second kappa shape index (κ2) is 7.53. The Bertz CT molecular complexity index is 572. The predicted molar refractivity (Wildman–Crippen MR) is 82.3 cm³/mol. The number of carbonyl (C=O) groups excluding carboxylic acids is 2. The zero-order chi connectivity index (χ0) is 17.0. The number of amides is 2. The minimum absolute atomic E-state index is 0.0199. The Balaban J connectivity index is 1.85. The van der Waals surface area contributed by atoms with Crippen LogP contribution in [0.3, 0.4) is 0 Å². The first-order chi connectivity index (χ1) is 10.9. The van der Waals surface area contributed by atoms with Crippen molar-refractivity contribution in [1.82, 2.24) is 10.2 Å². The van der Waals surface area contributed by atoms with Gasteiger partial charge in [0.25, 0.3) is 0 Å².